The van der Waals surface area contributed by atoms with Crippen molar-refractivity contribution in [1.82, 2.24) is 10.2 Å². The SMILES string of the molecule is CSCCN(CC(=O)O)C(=O)C1COC(CNC(=O)OCC2c3ccccc3-c3ccccc32)C1. The predicted molar refractivity (Wildman–Crippen MR) is 134 cm³/mol. The predicted octanol–water partition coefficient (Wildman–Crippen LogP) is 3.21. The van der Waals surface area contributed by atoms with Crippen LogP contribution in [0.15, 0.2) is 48.5 Å². The molecule has 1 saturated heterocycles. The molecule has 1 aliphatic heterocycles. The fraction of sp³-hybridized carbons (Fsp3) is 0.423. The summed E-state index contributed by atoms with van der Waals surface area (Å²) in [5.41, 5.74) is 4.63. The fourth-order valence-corrected chi connectivity index (χ4v) is 5.16. The lowest BCUT2D eigenvalue weighted by Crippen LogP contribution is -2.41. The lowest BCUT2D eigenvalue weighted by molar-refractivity contribution is -0.146. The average Bonchev–Trinajstić information content (AvgIpc) is 3.46. The number of carbonyl (C=O) groups excluding carboxylic acids is 2. The number of aliphatic carboxylic acids is 1. The van der Waals surface area contributed by atoms with Crippen LogP contribution in [0.5, 0.6) is 0 Å². The molecule has 1 fully saturated rings. The summed E-state index contributed by atoms with van der Waals surface area (Å²) in [5, 5.41) is 11.9. The number of hydrogen-bond acceptors (Lipinski definition) is 6. The number of rotatable bonds is 10. The van der Waals surface area contributed by atoms with Crippen LogP contribution in [-0.4, -0.2) is 78.9 Å². The van der Waals surface area contributed by atoms with Gasteiger partial charge in [0.15, 0.2) is 0 Å². The molecule has 186 valence electrons. The van der Waals surface area contributed by atoms with E-state index in [0.717, 1.165) is 11.1 Å². The second-order valence-electron chi connectivity index (χ2n) is 8.74. The highest BCUT2D eigenvalue weighted by molar-refractivity contribution is 7.98. The van der Waals surface area contributed by atoms with Crippen molar-refractivity contribution in [3.8, 4) is 11.1 Å². The molecule has 2 atom stereocenters. The molecule has 2 aromatic carbocycles. The number of ether oxygens (including phenoxy) is 2. The normalized spacial score (nSPS) is 18.5. The zero-order chi connectivity index (χ0) is 24.8. The average molecular weight is 499 g/mol. The molecule has 8 nitrogen and oxygen atoms in total. The Morgan fingerprint density at radius 2 is 1.77 bits per heavy atom. The van der Waals surface area contributed by atoms with Gasteiger partial charge in [-0.25, -0.2) is 4.79 Å². The molecule has 2 N–H and O–H groups in total. The van der Waals surface area contributed by atoms with Crippen LogP contribution in [-0.2, 0) is 19.1 Å². The van der Waals surface area contributed by atoms with Crippen molar-refractivity contribution in [3.05, 3.63) is 59.7 Å². The summed E-state index contributed by atoms with van der Waals surface area (Å²) in [6.45, 7) is 0.728. The minimum atomic E-state index is -1.04. The molecule has 1 heterocycles. The van der Waals surface area contributed by atoms with Gasteiger partial charge in [-0.15, -0.1) is 0 Å². The summed E-state index contributed by atoms with van der Waals surface area (Å²) in [7, 11) is 0. The number of nitrogens with zero attached hydrogens (tertiary/aromatic N) is 1. The molecule has 2 amide bonds. The molecule has 2 aliphatic rings. The van der Waals surface area contributed by atoms with Crippen molar-refractivity contribution in [3.63, 3.8) is 0 Å². The lowest BCUT2D eigenvalue weighted by Gasteiger charge is -2.23. The Kier molecular flexibility index (Phi) is 8.30. The van der Waals surface area contributed by atoms with Crippen molar-refractivity contribution in [2.24, 2.45) is 5.92 Å². The lowest BCUT2D eigenvalue weighted by atomic mass is 9.98. The number of alkyl carbamates (subject to hydrolysis) is 1. The van der Waals surface area contributed by atoms with Crippen molar-refractivity contribution in [1.29, 1.82) is 0 Å². The molecule has 2 unspecified atom stereocenters. The van der Waals surface area contributed by atoms with Crippen LogP contribution >= 0.6 is 11.8 Å². The van der Waals surface area contributed by atoms with Crippen LogP contribution in [0.2, 0.25) is 0 Å². The summed E-state index contributed by atoms with van der Waals surface area (Å²) in [6, 6.07) is 16.3. The standard InChI is InChI=1S/C26H30N2O6S/c1-35-11-10-28(14-24(29)30)25(31)17-12-18(33-15-17)13-27-26(32)34-16-23-21-8-4-2-6-19(21)20-7-3-5-9-22(20)23/h2-9,17-18,23H,10-16H2,1H3,(H,27,32)(H,29,30). The molecule has 4 rings (SSSR count). The van der Waals surface area contributed by atoms with E-state index in [9.17, 15) is 14.4 Å². The van der Waals surface area contributed by atoms with Crippen LogP contribution in [0.3, 0.4) is 0 Å². The van der Waals surface area contributed by atoms with Gasteiger partial charge in [0.1, 0.15) is 13.2 Å². The molecule has 9 heteroatoms. The van der Waals surface area contributed by atoms with E-state index in [2.05, 4.69) is 29.6 Å². The molecule has 2 aromatic rings. The summed E-state index contributed by atoms with van der Waals surface area (Å²) in [5.74, 6) is -1.01. The zero-order valence-corrected chi connectivity index (χ0v) is 20.5. The minimum Gasteiger partial charge on any atom is -0.480 e. The molecule has 0 bridgehead atoms. The molecular formula is C26H30N2O6S. The maximum absolute atomic E-state index is 12.8. The Morgan fingerprint density at radius 1 is 1.11 bits per heavy atom. The number of carbonyl (C=O) groups is 3. The second kappa shape index (κ2) is 11.6. The summed E-state index contributed by atoms with van der Waals surface area (Å²) < 4.78 is 11.2. The molecule has 1 aliphatic carbocycles. The Morgan fingerprint density at radius 3 is 2.40 bits per heavy atom. The first-order chi connectivity index (χ1) is 17.0. The van der Waals surface area contributed by atoms with Gasteiger partial charge in [0.25, 0.3) is 0 Å². The maximum Gasteiger partial charge on any atom is 0.407 e. The van der Waals surface area contributed by atoms with E-state index in [1.807, 2.05) is 30.5 Å². The van der Waals surface area contributed by atoms with E-state index in [1.165, 1.54) is 16.0 Å². The molecule has 35 heavy (non-hydrogen) atoms. The van der Waals surface area contributed by atoms with Gasteiger partial charge in [-0.1, -0.05) is 48.5 Å². The van der Waals surface area contributed by atoms with Crippen LogP contribution in [0.1, 0.15) is 23.5 Å². The van der Waals surface area contributed by atoms with Crippen molar-refractivity contribution >= 4 is 29.7 Å². The Hall–Kier alpha value is -3.04. The smallest absolute Gasteiger partial charge is 0.407 e. The third kappa shape index (κ3) is 5.97. The van der Waals surface area contributed by atoms with Gasteiger partial charge in [-0.2, -0.15) is 11.8 Å². The van der Waals surface area contributed by atoms with E-state index >= 15 is 0 Å². The molecule has 0 spiro atoms. The second-order valence-corrected chi connectivity index (χ2v) is 9.73. The molecular weight excluding hydrogens is 468 g/mol. The number of thioether (sulfide) groups is 1. The summed E-state index contributed by atoms with van der Waals surface area (Å²) in [4.78, 5) is 37.7. The van der Waals surface area contributed by atoms with Gasteiger partial charge in [0.05, 0.1) is 18.6 Å². The van der Waals surface area contributed by atoms with Crippen LogP contribution < -0.4 is 5.32 Å². The van der Waals surface area contributed by atoms with Crippen LogP contribution in [0, 0.1) is 5.92 Å². The summed E-state index contributed by atoms with van der Waals surface area (Å²) in [6.07, 6.45) is 1.49. The molecule has 0 aromatic heterocycles. The van der Waals surface area contributed by atoms with E-state index in [0.29, 0.717) is 18.7 Å². The van der Waals surface area contributed by atoms with E-state index in [1.54, 1.807) is 11.8 Å². The van der Waals surface area contributed by atoms with Gasteiger partial charge in [0.2, 0.25) is 5.91 Å². The minimum absolute atomic E-state index is 0.0145. The zero-order valence-electron chi connectivity index (χ0n) is 19.6. The van der Waals surface area contributed by atoms with Crippen LogP contribution in [0.25, 0.3) is 11.1 Å². The number of fused-ring (bicyclic) bond motifs is 3. The van der Waals surface area contributed by atoms with Gasteiger partial charge in [-0.05, 0) is 34.9 Å². The van der Waals surface area contributed by atoms with Crippen molar-refractivity contribution < 1.29 is 29.0 Å². The van der Waals surface area contributed by atoms with E-state index in [-0.39, 0.29) is 44.2 Å². The highest BCUT2D eigenvalue weighted by atomic mass is 32.2. The Labute approximate surface area is 209 Å². The van der Waals surface area contributed by atoms with Crippen LogP contribution in [0.4, 0.5) is 4.79 Å². The van der Waals surface area contributed by atoms with Gasteiger partial charge in [0, 0.05) is 24.8 Å². The highest BCUT2D eigenvalue weighted by Crippen LogP contribution is 2.44. The largest absolute Gasteiger partial charge is 0.480 e. The topological polar surface area (TPSA) is 105 Å². The fourth-order valence-electron chi connectivity index (χ4n) is 4.76. The number of amides is 2. The third-order valence-electron chi connectivity index (χ3n) is 6.45. The first-order valence-corrected chi connectivity index (χ1v) is 13.1. The number of nitrogens with one attached hydrogen (secondary N) is 1. The van der Waals surface area contributed by atoms with Gasteiger partial charge >= 0.3 is 12.1 Å². The van der Waals surface area contributed by atoms with E-state index < -0.39 is 18.0 Å². The van der Waals surface area contributed by atoms with Gasteiger partial charge < -0.3 is 24.8 Å². The molecule has 0 radical (unpaired) electrons. The third-order valence-corrected chi connectivity index (χ3v) is 7.04. The van der Waals surface area contributed by atoms with Crippen molar-refractivity contribution in [2.75, 3.05) is 44.9 Å². The maximum atomic E-state index is 12.8. The summed E-state index contributed by atoms with van der Waals surface area (Å²) >= 11 is 1.56. The number of hydrogen-bond donors (Lipinski definition) is 2. The monoisotopic (exact) mass is 498 g/mol. The number of carboxylic acids is 1. The molecule has 0 saturated carbocycles. The first kappa shape index (κ1) is 25.1. The first-order valence-electron chi connectivity index (χ1n) is 11.7. The Balaban J connectivity index is 1.26. The highest BCUT2D eigenvalue weighted by Gasteiger charge is 2.34. The quantitative estimate of drug-likeness (QED) is 0.518. The number of benzene rings is 2. The van der Waals surface area contributed by atoms with Crippen molar-refractivity contribution in [2.45, 2.75) is 18.4 Å². The Bertz CT molecular complexity index is 1030. The van der Waals surface area contributed by atoms with E-state index in [4.69, 9.17) is 14.6 Å². The number of carboxylic acid groups (broad SMARTS) is 1. The van der Waals surface area contributed by atoms with Gasteiger partial charge in [-0.3, -0.25) is 9.59 Å².